The third-order valence-electron chi connectivity index (χ3n) is 3.74. The Bertz CT molecular complexity index is 829. The molecule has 0 bridgehead atoms. The zero-order valence-electron chi connectivity index (χ0n) is 15.8. The highest BCUT2D eigenvalue weighted by Crippen LogP contribution is 2.29. The number of ether oxygens (including phenoxy) is 2. The van der Waals surface area contributed by atoms with Crippen molar-refractivity contribution >= 4 is 23.1 Å². The summed E-state index contributed by atoms with van der Waals surface area (Å²) in [5.74, 6) is 2.73. The fourth-order valence-electron chi connectivity index (χ4n) is 2.65. The Balaban J connectivity index is 1.85. The Kier molecular flexibility index (Phi) is 6.10. The van der Waals surface area contributed by atoms with E-state index in [2.05, 4.69) is 20.6 Å². The van der Waals surface area contributed by atoms with Gasteiger partial charge in [0.2, 0.25) is 5.95 Å². The minimum Gasteiger partial charge on any atom is -0.492 e. The number of aromatic nitrogens is 2. The van der Waals surface area contributed by atoms with Crippen molar-refractivity contribution in [2.24, 2.45) is 0 Å². The number of nitrogens with one attached hydrogen (secondary N) is 2. The molecule has 0 aliphatic carbocycles. The molecule has 1 aromatic heterocycles. The molecule has 0 aliphatic rings. The van der Waals surface area contributed by atoms with E-state index < -0.39 is 0 Å². The Morgan fingerprint density at radius 2 is 1.33 bits per heavy atom. The molecule has 2 N–H and O–H groups in total. The van der Waals surface area contributed by atoms with Crippen LogP contribution in [-0.2, 0) is 0 Å². The first kappa shape index (κ1) is 18.5. The Morgan fingerprint density at radius 3 is 1.93 bits per heavy atom. The summed E-state index contributed by atoms with van der Waals surface area (Å²) >= 11 is 0. The summed E-state index contributed by atoms with van der Waals surface area (Å²) in [4.78, 5) is 9.06. The molecule has 0 saturated carbocycles. The summed E-state index contributed by atoms with van der Waals surface area (Å²) in [5, 5.41) is 6.56. The Morgan fingerprint density at radius 1 is 0.778 bits per heavy atom. The van der Waals surface area contributed by atoms with Gasteiger partial charge >= 0.3 is 0 Å². The van der Waals surface area contributed by atoms with Crippen LogP contribution in [0.4, 0.5) is 23.1 Å². The number of benzene rings is 2. The van der Waals surface area contributed by atoms with Crippen molar-refractivity contribution in [3.8, 4) is 11.5 Å². The molecule has 0 radical (unpaired) electrons. The SMILES string of the molecule is CCOc1ccccc1Nc1cc(C)nc(Nc2ccccc2OCC)n1. The molecule has 2 aromatic carbocycles. The molecule has 0 aliphatic heterocycles. The Hall–Kier alpha value is -3.28. The molecule has 0 saturated heterocycles. The largest absolute Gasteiger partial charge is 0.492 e. The van der Waals surface area contributed by atoms with Crippen molar-refractivity contribution in [2.45, 2.75) is 20.8 Å². The highest BCUT2D eigenvalue weighted by atomic mass is 16.5. The predicted molar refractivity (Wildman–Crippen MR) is 109 cm³/mol. The molecule has 27 heavy (non-hydrogen) atoms. The van der Waals surface area contributed by atoms with E-state index in [0.29, 0.717) is 25.0 Å². The van der Waals surface area contributed by atoms with Gasteiger partial charge in [-0.1, -0.05) is 24.3 Å². The third-order valence-corrected chi connectivity index (χ3v) is 3.74. The van der Waals surface area contributed by atoms with E-state index in [-0.39, 0.29) is 0 Å². The zero-order valence-corrected chi connectivity index (χ0v) is 15.8. The maximum absolute atomic E-state index is 5.67. The summed E-state index contributed by atoms with van der Waals surface area (Å²) in [7, 11) is 0. The second-order valence-electron chi connectivity index (χ2n) is 5.83. The molecule has 140 valence electrons. The van der Waals surface area contributed by atoms with Gasteiger partial charge in [0.15, 0.2) is 0 Å². The van der Waals surface area contributed by atoms with Crippen LogP contribution in [0.15, 0.2) is 54.6 Å². The van der Waals surface area contributed by atoms with Crippen molar-refractivity contribution < 1.29 is 9.47 Å². The van der Waals surface area contributed by atoms with E-state index >= 15 is 0 Å². The first-order valence-electron chi connectivity index (χ1n) is 9.03. The molecule has 0 fully saturated rings. The number of rotatable bonds is 8. The zero-order chi connectivity index (χ0) is 19.1. The van der Waals surface area contributed by atoms with Crippen LogP contribution in [0.2, 0.25) is 0 Å². The van der Waals surface area contributed by atoms with Gasteiger partial charge in [0.05, 0.1) is 24.6 Å². The second-order valence-corrected chi connectivity index (χ2v) is 5.83. The highest BCUT2D eigenvalue weighted by molar-refractivity contribution is 5.67. The lowest BCUT2D eigenvalue weighted by molar-refractivity contribution is 0.342. The lowest BCUT2D eigenvalue weighted by Crippen LogP contribution is -2.04. The second kappa shape index (κ2) is 8.89. The summed E-state index contributed by atoms with van der Waals surface area (Å²) in [5.41, 5.74) is 2.53. The van der Waals surface area contributed by atoms with Gasteiger partial charge < -0.3 is 20.1 Å². The maximum Gasteiger partial charge on any atom is 0.229 e. The molecule has 1 heterocycles. The molecule has 0 spiro atoms. The van der Waals surface area contributed by atoms with E-state index in [1.54, 1.807) is 0 Å². The van der Waals surface area contributed by atoms with Gasteiger partial charge in [0.1, 0.15) is 17.3 Å². The molecule has 3 rings (SSSR count). The van der Waals surface area contributed by atoms with Crippen LogP contribution in [-0.4, -0.2) is 23.2 Å². The molecule has 3 aromatic rings. The quantitative estimate of drug-likeness (QED) is 0.582. The van der Waals surface area contributed by atoms with Gasteiger partial charge in [-0.2, -0.15) is 4.98 Å². The molecule has 6 nitrogen and oxygen atoms in total. The van der Waals surface area contributed by atoms with Crippen LogP contribution in [0.5, 0.6) is 11.5 Å². The molecule has 0 unspecified atom stereocenters. The first-order valence-corrected chi connectivity index (χ1v) is 9.03. The number of hydrogen-bond donors (Lipinski definition) is 2. The van der Waals surface area contributed by atoms with Crippen LogP contribution in [0.1, 0.15) is 19.5 Å². The van der Waals surface area contributed by atoms with Crippen LogP contribution in [0.3, 0.4) is 0 Å². The van der Waals surface area contributed by atoms with Gasteiger partial charge in [-0.15, -0.1) is 0 Å². The number of nitrogens with zero attached hydrogens (tertiary/aromatic N) is 2. The van der Waals surface area contributed by atoms with E-state index in [1.807, 2.05) is 75.4 Å². The van der Waals surface area contributed by atoms with E-state index in [1.165, 1.54) is 0 Å². The Labute approximate surface area is 159 Å². The lowest BCUT2D eigenvalue weighted by atomic mass is 10.3. The minimum absolute atomic E-state index is 0.499. The van der Waals surface area contributed by atoms with Crippen LogP contribution >= 0.6 is 0 Å². The minimum atomic E-state index is 0.499. The standard InChI is InChI=1S/C21H24N4O2/c1-4-26-18-12-8-6-10-16(18)23-20-14-15(3)22-21(25-20)24-17-11-7-9-13-19(17)27-5-2/h6-14H,4-5H2,1-3H3,(H2,22,23,24,25). The number of aryl methyl sites for hydroxylation is 1. The van der Waals surface area contributed by atoms with E-state index in [9.17, 15) is 0 Å². The third kappa shape index (κ3) is 4.88. The van der Waals surface area contributed by atoms with Crippen molar-refractivity contribution in [2.75, 3.05) is 23.8 Å². The van der Waals surface area contributed by atoms with Crippen molar-refractivity contribution in [3.63, 3.8) is 0 Å². The van der Waals surface area contributed by atoms with Gasteiger partial charge in [0, 0.05) is 11.8 Å². The van der Waals surface area contributed by atoms with E-state index in [0.717, 1.165) is 28.6 Å². The maximum atomic E-state index is 5.67. The van der Waals surface area contributed by atoms with Gasteiger partial charge in [-0.05, 0) is 45.0 Å². The lowest BCUT2D eigenvalue weighted by Gasteiger charge is -2.14. The van der Waals surface area contributed by atoms with Crippen molar-refractivity contribution in [3.05, 3.63) is 60.3 Å². The summed E-state index contributed by atoms with van der Waals surface area (Å²) in [6, 6.07) is 17.4. The average Bonchev–Trinajstić information content (AvgIpc) is 2.65. The molecular formula is C21H24N4O2. The van der Waals surface area contributed by atoms with Crippen LogP contribution in [0.25, 0.3) is 0 Å². The monoisotopic (exact) mass is 364 g/mol. The van der Waals surface area contributed by atoms with Gasteiger partial charge in [-0.25, -0.2) is 4.98 Å². The van der Waals surface area contributed by atoms with Crippen LogP contribution < -0.4 is 20.1 Å². The number of para-hydroxylation sites is 4. The molecule has 6 heteroatoms. The highest BCUT2D eigenvalue weighted by Gasteiger charge is 2.09. The molecule has 0 atom stereocenters. The fourth-order valence-corrected chi connectivity index (χ4v) is 2.65. The molecule has 0 amide bonds. The summed E-state index contributed by atoms with van der Waals surface area (Å²) < 4.78 is 11.3. The predicted octanol–water partition coefficient (Wildman–Crippen LogP) is 5.07. The first-order chi connectivity index (χ1) is 13.2. The van der Waals surface area contributed by atoms with E-state index in [4.69, 9.17) is 9.47 Å². The van der Waals surface area contributed by atoms with Crippen molar-refractivity contribution in [1.29, 1.82) is 0 Å². The normalized spacial score (nSPS) is 10.3. The summed E-state index contributed by atoms with van der Waals surface area (Å²) in [6.45, 7) is 7.04. The summed E-state index contributed by atoms with van der Waals surface area (Å²) in [6.07, 6.45) is 0. The number of anilines is 4. The number of hydrogen-bond acceptors (Lipinski definition) is 6. The van der Waals surface area contributed by atoms with Crippen LogP contribution in [0, 0.1) is 6.92 Å². The van der Waals surface area contributed by atoms with Gasteiger partial charge in [-0.3, -0.25) is 0 Å². The fraction of sp³-hybridized carbons (Fsp3) is 0.238. The molecular weight excluding hydrogens is 340 g/mol. The topological polar surface area (TPSA) is 68.3 Å². The van der Waals surface area contributed by atoms with Gasteiger partial charge in [0.25, 0.3) is 0 Å². The smallest absolute Gasteiger partial charge is 0.229 e. The van der Waals surface area contributed by atoms with Crippen molar-refractivity contribution in [1.82, 2.24) is 9.97 Å². The average molecular weight is 364 g/mol.